The third-order valence-corrected chi connectivity index (χ3v) is 5.17. The molecule has 0 radical (unpaired) electrons. The van der Waals surface area contributed by atoms with Crippen LogP contribution in [0.25, 0.3) is 0 Å². The van der Waals surface area contributed by atoms with Crippen LogP contribution in [0.2, 0.25) is 0 Å². The van der Waals surface area contributed by atoms with Crippen LogP contribution in [0.15, 0.2) is 35.2 Å². The Labute approximate surface area is 177 Å². The predicted octanol–water partition coefficient (Wildman–Crippen LogP) is 2.31. The maximum absolute atomic E-state index is 11.8. The number of halogens is 1. The summed E-state index contributed by atoms with van der Waals surface area (Å²) in [5.41, 5.74) is 0. The molecule has 0 aromatic carbocycles. The average molecular weight is 491 g/mol. The van der Waals surface area contributed by atoms with Crippen molar-refractivity contribution in [3.8, 4) is 0 Å². The molecule has 1 amide bonds. The minimum absolute atomic E-state index is 0. The number of thiophene rings is 1. The number of carbonyl (C=O) groups is 1. The van der Waals surface area contributed by atoms with E-state index < -0.39 is 0 Å². The number of carbonyl (C=O) groups excluding carboxylic acids is 1. The van der Waals surface area contributed by atoms with Crippen LogP contribution in [0, 0.1) is 0 Å². The SMILES string of the molecule is C=CCNC(=NCC(=O)N(C)C)NCC(c1cccs1)N1CCCC1.I. The van der Waals surface area contributed by atoms with E-state index in [0.717, 1.165) is 19.6 Å². The van der Waals surface area contributed by atoms with Crippen molar-refractivity contribution in [1.82, 2.24) is 20.4 Å². The van der Waals surface area contributed by atoms with Crippen molar-refractivity contribution < 1.29 is 4.79 Å². The molecule has 8 heteroatoms. The van der Waals surface area contributed by atoms with Gasteiger partial charge in [0.05, 0.1) is 6.04 Å². The van der Waals surface area contributed by atoms with E-state index in [1.54, 1.807) is 36.4 Å². The Hall–Kier alpha value is -1.13. The van der Waals surface area contributed by atoms with Gasteiger partial charge in [-0.25, -0.2) is 4.99 Å². The van der Waals surface area contributed by atoms with Gasteiger partial charge in [-0.05, 0) is 37.4 Å². The van der Waals surface area contributed by atoms with E-state index in [1.165, 1.54) is 17.7 Å². The monoisotopic (exact) mass is 491 g/mol. The zero-order valence-corrected chi connectivity index (χ0v) is 18.8. The molecule has 146 valence electrons. The maximum Gasteiger partial charge on any atom is 0.243 e. The largest absolute Gasteiger partial charge is 0.354 e. The van der Waals surface area contributed by atoms with E-state index >= 15 is 0 Å². The number of guanidine groups is 1. The summed E-state index contributed by atoms with van der Waals surface area (Å²) >= 11 is 1.79. The second-order valence-electron chi connectivity index (χ2n) is 6.28. The molecule has 0 spiro atoms. The Kier molecular flexibility index (Phi) is 10.8. The molecule has 1 unspecified atom stereocenters. The van der Waals surface area contributed by atoms with Gasteiger partial charge in [0.15, 0.2) is 5.96 Å². The molecule has 6 nitrogen and oxygen atoms in total. The highest BCUT2D eigenvalue weighted by molar-refractivity contribution is 14.0. The van der Waals surface area contributed by atoms with Crippen LogP contribution in [0.4, 0.5) is 0 Å². The maximum atomic E-state index is 11.8. The summed E-state index contributed by atoms with van der Waals surface area (Å²) in [4.78, 5) is 21.6. The first-order chi connectivity index (χ1) is 12.1. The summed E-state index contributed by atoms with van der Waals surface area (Å²) in [5.74, 6) is 0.630. The molecule has 0 aliphatic carbocycles. The first kappa shape index (κ1) is 22.9. The second-order valence-corrected chi connectivity index (χ2v) is 7.26. The van der Waals surface area contributed by atoms with Crippen molar-refractivity contribution >= 4 is 47.2 Å². The minimum Gasteiger partial charge on any atom is -0.354 e. The second kappa shape index (κ2) is 12.3. The van der Waals surface area contributed by atoms with Crippen LogP contribution in [0.5, 0.6) is 0 Å². The summed E-state index contributed by atoms with van der Waals surface area (Å²) in [7, 11) is 3.48. The van der Waals surface area contributed by atoms with Gasteiger partial charge in [-0.15, -0.1) is 41.9 Å². The smallest absolute Gasteiger partial charge is 0.243 e. The quantitative estimate of drug-likeness (QED) is 0.254. The van der Waals surface area contributed by atoms with E-state index in [0.29, 0.717) is 18.5 Å². The Morgan fingerprint density at radius 1 is 1.42 bits per heavy atom. The fraction of sp³-hybridized carbons (Fsp3) is 0.556. The van der Waals surface area contributed by atoms with Gasteiger partial charge in [0.2, 0.25) is 5.91 Å². The number of nitrogens with one attached hydrogen (secondary N) is 2. The van der Waals surface area contributed by atoms with Crippen LogP contribution in [-0.4, -0.2) is 68.5 Å². The first-order valence-corrected chi connectivity index (χ1v) is 9.60. The number of hydrogen-bond donors (Lipinski definition) is 2. The molecule has 2 heterocycles. The van der Waals surface area contributed by atoms with E-state index in [9.17, 15) is 4.79 Å². The number of rotatable bonds is 8. The van der Waals surface area contributed by atoms with Gasteiger partial charge >= 0.3 is 0 Å². The number of likely N-dealkylation sites (N-methyl/N-ethyl adjacent to an activating group) is 1. The zero-order valence-electron chi connectivity index (χ0n) is 15.6. The normalized spacial score (nSPS) is 15.8. The Bertz CT molecular complexity index is 570. The molecule has 2 N–H and O–H groups in total. The van der Waals surface area contributed by atoms with Crippen molar-refractivity contribution in [2.24, 2.45) is 4.99 Å². The number of aliphatic imine (C=N–C) groups is 1. The lowest BCUT2D eigenvalue weighted by Gasteiger charge is -2.27. The lowest BCUT2D eigenvalue weighted by atomic mass is 10.2. The first-order valence-electron chi connectivity index (χ1n) is 8.72. The van der Waals surface area contributed by atoms with Gasteiger partial charge < -0.3 is 15.5 Å². The van der Waals surface area contributed by atoms with Gasteiger partial charge in [-0.2, -0.15) is 0 Å². The molecule has 26 heavy (non-hydrogen) atoms. The molecule has 1 aliphatic rings. The van der Waals surface area contributed by atoms with Crippen molar-refractivity contribution in [2.75, 3.05) is 46.8 Å². The molecule has 1 saturated heterocycles. The molecule has 2 rings (SSSR count). The van der Waals surface area contributed by atoms with Crippen molar-refractivity contribution in [1.29, 1.82) is 0 Å². The molecule has 1 aromatic heterocycles. The highest BCUT2D eigenvalue weighted by atomic mass is 127. The average Bonchev–Trinajstić information content (AvgIpc) is 3.30. The molecule has 1 aliphatic heterocycles. The Morgan fingerprint density at radius 3 is 2.73 bits per heavy atom. The van der Waals surface area contributed by atoms with Crippen LogP contribution in [-0.2, 0) is 4.79 Å². The zero-order chi connectivity index (χ0) is 18.1. The molecule has 0 bridgehead atoms. The lowest BCUT2D eigenvalue weighted by molar-refractivity contribution is -0.127. The van der Waals surface area contributed by atoms with E-state index in [4.69, 9.17) is 0 Å². The lowest BCUT2D eigenvalue weighted by Crippen LogP contribution is -2.43. The standard InChI is InChI=1S/C18H29N5OS.HI/c1-4-9-19-18(21-14-17(24)22(2)3)20-13-15(16-8-7-12-25-16)23-10-5-6-11-23;/h4,7-8,12,15H,1,5-6,9-11,13-14H2,2-3H3,(H2,19,20,21);1H. The molecule has 1 fully saturated rings. The summed E-state index contributed by atoms with van der Waals surface area (Å²) in [6, 6.07) is 4.63. The topological polar surface area (TPSA) is 60.0 Å². The Balaban J connectivity index is 0.00000338. The van der Waals surface area contributed by atoms with E-state index in [-0.39, 0.29) is 36.4 Å². The third kappa shape index (κ3) is 7.24. The summed E-state index contributed by atoms with van der Waals surface area (Å²) in [6.45, 7) is 7.50. The Morgan fingerprint density at radius 2 is 2.15 bits per heavy atom. The number of hydrogen-bond acceptors (Lipinski definition) is 4. The number of nitrogens with zero attached hydrogens (tertiary/aromatic N) is 3. The summed E-state index contributed by atoms with van der Waals surface area (Å²) in [5, 5.41) is 8.71. The fourth-order valence-corrected chi connectivity index (χ4v) is 3.63. The molecular formula is C18H30IN5OS. The van der Waals surface area contributed by atoms with Crippen molar-refractivity contribution in [3.63, 3.8) is 0 Å². The third-order valence-electron chi connectivity index (χ3n) is 4.20. The van der Waals surface area contributed by atoms with Crippen LogP contribution in [0.3, 0.4) is 0 Å². The fourth-order valence-electron chi connectivity index (χ4n) is 2.77. The van der Waals surface area contributed by atoms with Crippen molar-refractivity contribution in [2.45, 2.75) is 18.9 Å². The number of amides is 1. The van der Waals surface area contributed by atoms with E-state index in [2.05, 4.69) is 44.6 Å². The van der Waals surface area contributed by atoms with Gasteiger partial charge in [-0.1, -0.05) is 12.1 Å². The van der Waals surface area contributed by atoms with E-state index in [1.807, 2.05) is 0 Å². The van der Waals surface area contributed by atoms with Crippen LogP contribution in [0.1, 0.15) is 23.8 Å². The van der Waals surface area contributed by atoms with Gasteiger partial charge in [0, 0.05) is 32.1 Å². The van der Waals surface area contributed by atoms with Gasteiger partial charge in [-0.3, -0.25) is 9.69 Å². The highest BCUT2D eigenvalue weighted by Crippen LogP contribution is 2.27. The predicted molar refractivity (Wildman–Crippen MR) is 120 cm³/mol. The number of likely N-dealkylation sites (tertiary alicyclic amines) is 1. The van der Waals surface area contributed by atoms with Gasteiger partial charge in [0.1, 0.15) is 6.54 Å². The summed E-state index contributed by atoms with van der Waals surface area (Å²) < 4.78 is 0. The van der Waals surface area contributed by atoms with Crippen LogP contribution >= 0.6 is 35.3 Å². The van der Waals surface area contributed by atoms with Gasteiger partial charge in [0.25, 0.3) is 0 Å². The minimum atomic E-state index is -0.0194. The molecular weight excluding hydrogens is 461 g/mol. The summed E-state index contributed by atoms with van der Waals surface area (Å²) in [6.07, 6.45) is 4.30. The highest BCUT2D eigenvalue weighted by Gasteiger charge is 2.24. The molecule has 1 aromatic rings. The molecule has 1 atom stereocenters. The molecule has 0 saturated carbocycles. The van der Waals surface area contributed by atoms with Crippen LogP contribution < -0.4 is 10.6 Å². The van der Waals surface area contributed by atoms with Crippen molar-refractivity contribution in [3.05, 3.63) is 35.0 Å².